The number of nitrogens with two attached hydrogens (primary N) is 1. The molecule has 0 radical (unpaired) electrons. The minimum atomic E-state index is -3.31. The lowest BCUT2D eigenvalue weighted by Gasteiger charge is -2.34. The maximum absolute atomic E-state index is 11.6. The van der Waals surface area contributed by atoms with Crippen LogP contribution in [0.25, 0.3) is 0 Å². The molecule has 1 fully saturated rings. The van der Waals surface area contributed by atoms with Gasteiger partial charge in [-0.25, -0.2) is 9.71 Å². The Hall–Kier alpha value is -1.38. The van der Waals surface area contributed by atoms with Crippen molar-refractivity contribution in [3.05, 3.63) is 18.3 Å². The second-order valence-corrected chi connectivity index (χ2v) is 5.91. The number of aromatic nitrogens is 1. The first-order chi connectivity index (χ1) is 8.53. The standard InChI is InChI=1S/C10H17N5O2S/c1-12-18(16,17)15-6-4-14(5-7-15)9-2-3-10(11)13-8-9/h2-3,8,12H,4-7H2,1H3,(H2,11,13). The van der Waals surface area contributed by atoms with E-state index in [4.69, 9.17) is 5.73 Å². The Morgan fingerprint density at radius 3 is 2.44 bits per heavy atom. The Morgan fingerprint density at radius 2 is 1.94 bits per heavy atom. The van der Waals surface area contributed by atoms with Gasteiger partial charge in [-0.15, -0.1) is 0 Å². The lowest BCUT2D eigenvalue weighted by molar-refractivity contribution is 0.380. The predicted molar refractivity (Wildman–Crippen MR) is 70.4 cm³/mol. The molecule has 0 spiro atoms. The average molecular weight is 271 g/mol. The highest BCUT2D eigenvalue weighted by Crippen LogP contribution is 2.16. The zero-order valence-corrected chi connectivity index (χ0v) is 11.0. The molecular weight excluding hydrogens is 254 g/mol. The third kappa shape index (κ3) is 2.71. The zero-order valence-electron chi connectivity index (χ0n) is 10.2. The molecule has 1 aromatic heterocycles. The molecule has 100 valence electrons. The molecule has 1 saturated heterocycles. The molecule has 8 heteroatoms. The molecule has 7 nitrogen and oxygen atoms in total. The fourth-order valence-electron chi connectivity index (χ4n) is 1.90. The van der Waals surface area contributed by atoms with Crippen molar-refractivity contribution in [2.45, 2.75) is 0 Å². The van der Waals surface area contributed by atoms with Gasteiger partial charge in [0.25, 0.3) is 10.2 Å². The van der Waals surface area contributed by atoms with Gasteiger partial charge in [0.1, 0.15) is 5.82 Å². The average Bonchev–Trinajstić information content (AvgIpc) is 2.40. The van der Waals surface area contributed by atoms with Crippen LogP contribution in [0.3, 0.4) is 0 Å². The molecule has 0 amide bonds. The topological polar surface area (TPSA) is 91.6 Å². The van der Waals surface area contributed by atoms with E-state index in [0.29, 0.717) is 32.0 Å². The molecule has 0 bridgehead atoms. The van der Waals surface area contributed by atoms with Crippen molar-refractivity contribution < 1.29 is 8.42 Å². The smallest absolute Gasteiger partial charge is 0.279 e. The number of rotatable bonds is 3. The monoisotopic (exact) mass is 271 g/mol. The van der Waals surface area contributed by atoms with Crippen LogP contribution in [0, 0.1) is 0 Å². The summed E-state index contributed by atoms with van der Waals surface area (Å²) in [5.74, 6) is 0.482. The summed E-state index contributed by atoms with van der Waals surface area (Å²) in [6.45, 7) is 2.22. The van der Waals surface area contributed by atoms with Crippen LogP contribution in [0.15, 0.2) is 18.3 Å². The number of hydrogen-bond acceptors (Lipinski definition) is 5. The Kier molecular flexibility index (Phi) is 3.69. The van der Waals surface area contributed by atoms with Gasteiger partial charge in [-0.1, -0.05) is 0 Å². The summed E-state index contributed by atoms with van der Waals surface area (Å²) in [7, 11) is -1.89. The van der Waals surface area contributed by atoms with E-state index in [0.717, 1.165) is 5.69 Å². The summed E-state index contributed by atoms with van der Waals surface area (Å²) in [4.78, 5) is 6.12. The number of nitrogen functional groups attached to an aromatic ring is 1. The maximum atomic E-state index is 11.6. The Balaban J connectivity index is 2.01. The van der Waals surface area contributed by atoms with Crippen molar-refractivity contribution in [2.24, 2.45) is 0 Å². The molecule has 0 aliphatic carbocycles. The summed E-state index contributed by atoms with van der Waals surface area (Å²) in [6, 6.07) is 3.64. The molecule has 18 heavy (non-hydrogen) atoms. The first kappa shape index (κ1) is 13.1. The number of anilines is 2. The molecule has 2 rings (SSSR count). The number of piperazine rings is 1. The van der Waals surface area contributed by atoms with Crippen LogP contribution in [-0.4, -0.2) is 50.9 Å². The summed E-state index contributed by atoms with van der Waals surface area (Å²) in [6.07, 6.45) is 1.71. The second-order valence-electron chi connectivity index (χ2n) is 4.04. The van der Waals surface area contributed by atoms with Gasteiger partial charge in [-0.3, -0.25) is 0 Å². The molecule has 0 atom stereocenters. The highest BCUT2D eigenvalue weighted by molar-refractivity contribution is 7.87. The summed E-state index contributed by atoms with van der Waals surface area (Å²) >= 11 is 0. The van der Waals surface area contributed by atoms with Crippen molar-refractivity contribution in [1.29, 1.82) is 0 Å². The molecule has 0 aromatic carbocycles. The summed E-state index contributed by atoms with van der Waals surface area (Å²) in [5.41, 5.74) is 6.49. The minimum absolute atomic E-state index is 0.466. The molecule has 1 aliphatic rings. The lowest BCUT2D eigenvalue weighted by atomic mass is 10.3. The summed E-state index contributed by atoms with van der Waals surface area (Å²) in [5, 5.41) is 0. The van der Waals surface area contributed by atoms with E-state index in [1.165, 1.54) is 11.4 Å². The largest absolute Gasteiger partial charge is 0.384 e. The van der Waals surface area contributed by atoms with E-state index in [9.17, 15) is 8.42 Å². The van der Waals surface area contributed by atoms with E-state index in [-0.39, 0.29) is 0 Å². The van der Waals surface area contributed by atoms with E-state index in [2.05, 4.69) is 14.6 Å². The third-order valence-electron chi connectivity index (χ3n) is 2.97. The van der Waals surface area contributed by atoms with Crippen LogP contribution in [0.4, 0.5) is 11.5 Å². The lowest BCUT2D eigenvalue weighted by Crippen LogP contribution is -2.51. The number of nitrogens with one attached hydrogen (secondary N) is 1. The van der Waals surface area contributed by atoms with Gasteiger partial charge in [0, 0.05) is 33.2 Å². The first-order valence-corrected chi connectivity index (χ1v) is 7.12. The first-order valence-electron chi connectivity index (χ1n) is 5.68. The van der Waals surface area contributed by atoms with Gasteiger partial charge in [0.15, 0.2) is 0 Å². The minimum Gasteiger partial charge on any atom is -0.384 e. The fraction of sp³-hybridized carbons (Fsp3) is 0.500. The van der Waals surface area contributed by atoms with E-state index < -0.39 is 10.2 Å². The number of hydrogen-bond donors (Lipinski definition) is 2. The van der Waals surface area contributed by atoms with E-state index in [1.807, 2.05) is 6.07 Å². The Labute approximate surface area is 107 Å². The molecule has 0 saturated carbocycles. The van der Waals surface area contributed by atoms with Gasteiger partial charge in [0.2, 0.25) is 0 Å². The van der Waals surface area contributed by atoms with Gasteiger partial charge >= 0.3 is 0 Å². The van der Waals surface area contributed by atoms with Crippen molar-refractivity contribution >= 4 is 21.7 Å². The van der Waals surface area contributed by atoms with Crippen LogP contribution in [0.2, 0.25) is 0 Å². The zero-order chi connectivity index (χ0) is 13.2. The highest BCUT2D eigenvalue weighted by Gasteiger charge is 2.25. The number of nitrogens with zero attached hydrogens (tertiary/aromatic N) is 3. The Morgan fingerprint density at radius 1 is 1.28 bits per heavy atom. The fourth-order valence-corrected chi connectivity index (χ4v) is 2.80. The predicted octanol–water partition coefficient (Wildman–Crippen LogP) is -0.750. The van der Waals surface area contributed by atoms with Crippen LogP contribution >= 0.6 is 0 Å². The summed E-state index contributed by atoms with van der Waals surface area (Å²) < 4.78 is 27.0. The molecule has 2 heterocycles. The van der Waals surface area contributed by atoms with Crippen molar-refractivity contribution in [2.75, 3.05) is 43.9 Å². The van der Waals surface area contributed by atoms with Crippen LogP contribution in [0.5, 0.6) is 0 Å². The Bertz CT molecular complexity index is 494. The van der Waals surface area contributed by atoms with Crippen molar-refractivity contribution in [3.63, 3.8) is 0 Å². The maximum Gasteiger partial charge on any atom is 0.279 e. The van der Waals surface area contributed by atoms with Crippen LogP contribution in [-0.2, 0) is 10.2 Å². The second kappa shape index (κ2) is 5.09. The molecule has 1 aliphatic heterocycles. The van der Waals surface area contributed by atoms with Crippen molar-refractivity contribution in [1.82, 2.24) is 14.0 Å². The van der Waals surface area contributed by atoms with E-state index >= 15 is 0 Å². The van der Waals surface area contributed by atoms with Crippen LogP contribution < -0.4 is 15.4 Å². The SMILES string of the molecule is CNS(=O)(=O)N1CCN(c2ccc(N)nc2)CC1. The van der Waals surface area contributed by atoms with Crippen molar-refractivity contribution in [3.8, 4) is 0 Å². The van der Waals surface area contributed by atoms with E-state index in [1.54, 1.807) is 12.3 Å². The molecule has 1 aromatic rings. The quantitative estimate of drug-likeness (QED) is 0.755. The normalized spacial score (nSPS) is 17.9. The molecular formula is C10H17N5O2S. The van der Waals surface area contributed by atoms with Gasteiger partial charge in [-0.05, 0) is 12.1 Å². The third-order valence-corrected chi connectivity index (χ3v) is 4.53. The van der Waals surface area contributed by atoms with Crippen LogP contribution in [0.1, 0.15) is 0 Å². The van der Waals surface area contributed by atoms with Gasteiger partial charge in [0.05, 0.1) is 11.9 Å². The molecule has 3 N–H and O–H groups in total. The molecule has 0 unspecified atom stereocenters. The highest BCUT2D eigenvalue weighted by atomic mass is 32.2. The van der Waals surface area contributed by atoms with Gasteiger partial charge in [-0.2, -0.15) is 12.7 Å². The number of pyridine rings is 1. The van der Waals surface area contributed by atoms with Gasteiger partial charge < -0.3 is 10.6 Å².